The highest BCUT2D eigenvalue weighted by Crippen LogP contribution is 2.36. The Morgan fingerprint density at radius 1 is 1.24 bits per heavy atom. The number of benzene rings is 1. The van der Waals surface area contributed by atoms with E-state index in [1.165, 1.54) is 0 Å². The summed E-state index contributed by atoms with van der Waals surface area (Å²) in [5, 5.41) is 15.2. The van der Waals surface area contributed by atoms with Crippen LogP contribution >= 0.6 is 11.3 Å². The number of hydrogen-bond donors (Lipinski definition) is 2. The Morgan fingerprint density at radius 2 is 2.14 bits per heavy atom. The van der Waals surface area contributed by atoms with Crippen molar-refractivity contribution in [1.29, 1.82) is 0 Å². The molecular weight excluding hydrogens is 288 g/mol. The maximum Gasteiger partial charge on any atom is 0.231 e. The van der Waals surface area contributed by atoms with Crippen molar-refractivity contribution in [3.8, 4) is 22.8 Å². The van der Waals surface area contributed by atoms with Gasteiger partial charge in [0.2, 0.25) is 6.79 Å². The largest absolute Gasteiger partial charge is 0.454 e. The van der Waals surface area contributed by atoms with Crippen molar-refractivity contribution in [1.82, 2.24) is 10.3 Å². The summed E-state index contributed by atoms with van der Waals surface area (Å²) in [6.45, 7) is 2.25. The first-order valence-electron chi connectivity index (χ1n) is 7.03. The van der Waals surface area contributed by atoms with Gasteiger partial charge in [-0.05, 0) is 31.2 Å². The summed E-state index contributed by atoms with van der Waals surface area (Å²) >= 11 is 1.67. The molecule has 1 aliphatic rings. The van der Waals surface area contributed by atoms with E-state index < -0.39 is 0 Å². The van der Waals surface area contributed by atoms with Gasteiger partial charge in [-0.3, -0.25) is 0 Å². The molecule has 0 amide bonds. The number of aliphatic hydroxyl groups excluding tert-OH is 1. The van der Waals surface area contributed by atoms with Crippen LogP contribution in [-0.2, 0) is 6.42 Å². The summed E-state index contributed by atoms with van der Waals surface area (Å²) in [7, 11) is 0. The summed E-state index contributed by atoms with van der Waals surface area (Å²) < 4.78 is 10.7. The average molecular weight is 306 g/mol. The highest BCUT2D eigenvalue weighted by molar-refractivity contribution is 7.09. The third-order valence-electron chi connectivity index (χ3n) is 3.25. The van der Waals surface area contributed by atoms with Crippen molar-refractivity contribution < 1.29 is 14.6 Å². The number of hydrogen-bond acceptors (Lipinski definition) is 6. The lowest BCUT2D eigenvalue weighted by molar-refractivity contribution is 0.174. The second-order valence-corrected chi connectivity index (χ2v) is 5.71. The average Bonchev–Trinajstić information content (AvgIpc) is 3.15. The van der Waals surface area contributed by atoms with E-state index in [1.54, 1.807) is 11.3 Å². The number of thiazole rings is 1. The molecule has 0 unspecified atom stereocenters. The Labute approximate surface area is 127 Å². The number of rotatable bonds is 7. The van der Waals surface area contributed by atoms with Crippen LogP contribution in [0.4, 0.5) is 0 Å². The Kier molecular flexibility index (Phi) is 4.69. The second kappa shape index (κ2) is 6.89. The van der Waals surface area contributed by atoms with E-state index in [-0.39, 0.29) is 6.61 Å². The van der Waals surface area contributed by atoms with Crippen LogP contribution in [0.25, 0.3) is 11.3 Å². The van der Waals surface area contributed by atoms with Crippen molar-refractivity contribution >= 4 is 11.3 Å². The fourth-order valence-corrected chi connectivity index (χ4v) is 2.95. The third-order valence-corrected chi connectivity index (χ3v) is 4.16. The van der Waals surface area contributed by atoms with Crippen molar-refractivity contribution in [2.45, 2.75) is 12.8 Å². The molecule has 0 bridgehead atoms. The molecular formula is C15H18N2O3S. The molecule has 0 saturated heterocycles. The predicted octanol–water partition coefficient (Wildman–Crippen LogP) is 2.05. The SMILES string of the molecule is OCCCNCCc1nc(-c2ccc3c(c2)OCO3)cs1. The zero-order chi connectivity index (χ0) is 14.5. The first kappa shape index (κ1) is 14.3. The van der Waals surface area contributed by atoms with E-state index in [4.69, 9.17) is 14.6 Å². The molecule has 0 spiro atoms. The Bertz CT molecular complexity index is 600. The Hall–Kier alpha value is -1.63. The highest BCUT2D eigenvalue weighted by atomic mass is 32.1. The summed E-state index contributed by atoms with van der Waals surface area (Å²) in [6.07, 6.45) is 1.70. The highest BCUT2D eigenvalue weighted by Gasteiger charge is 2.14. The normalized spacial score (nSPS) is 12.8. The van der Waals surface area contributed by atoms with Crippen LogP contribution in [0.3, 0.4) is 0 Å². The third kappa shape index (κ3) is 3.53. The van der Waals surface area contributed by atoms with Gasteiger partial charge in [-0.15, -0.1) is 11.3 Å². The molecule has 2 N–H and O–H groups in total. The minimum absolute atomic E-state index is 0.235. The standard InChI is InChI=1S/C15H18N2O3S/c18-7-1-5-16-6-4-15-17-12(9-21-15)11-2-3-13-14(8-11)20-10-19-13/h2-3,8-9,16,18H,1,4-7,10H2. The fraction of sp³-hybridized carbons (Fsp3) is 0.400. The molecule has 5 nitrogen and oxygen atoms in total. The van der Waals surface area contributed by atoms with Crippen LogP contribution in [0.5, 0.6) is 11.5 Å². The molecule has 0 saturated carbocycles. The number of nitrogens with zero attached hydrogens (tertiary/aromatic N) is 1. The van der Waals surface area contributed by atoms with Crippen molar-refractivity contribution in [3.63, 3.8) is 0 Å². The molecule has 3 rings (SSSR count). The molecule has 2 heterocycles. The fourth-order valence-electron chi connectivity index (χ4n) is 2.14. The number of aromatic nitrogens is 1. The van der Waals surface area contributed by atoms with Crippen molar-refractivity contribution in [2.24, 2.45) is 0 Å². The predicted molar refractivity (Wildman–Crippen MR) is 81.9 cm³/mol. The van der Waals surface area contributed by atoms with E-state index in [9.17, 15) is 0 Å². The zero-order valence-electron chi connectivity index (χ0n) is 11.7. The van der Waals surface area contributed by atoms with Gasteiger partial charge < -0.3 is 19.9 Å². The number of ether oxygens (including phenoxy) is 2. The van der Waals surface area contributed by atoms with Gasteiger partial charge in [-0.2, -0.15) is 0 Å². The molecule has 0 radical (unpaired) electrons. The lowest BCUT2D eigenvalue weighted by Gasteiger charge is -2.01. The molecule has 0 aliphatic carbocycles. The van der Waals surface area contributed by atoms with Crippen LogP contribution in [-0.4, -0.2) is 36.6 Å². The first-order valence-corrected chi connectivity index (χ1v) is 7.91. The summed E-state index contributed by atoms with van der Waals surface area (Å²) in [5.41, 5.74) is 2.03. The molecule has 1 aromatic heterocycles. The van der Waals surface area contributed by atoms with Gasteiger partial charge in [-0.25, -0.2) is 4.98 Å². The summed E-state index contributed by atoms with van der Waals surface area (Å²) in [4.78, 5) is 4.66. The second-order valence-electron chi connectivity index (χ2n) is 4.77. The van der Waals surface area contributed by atoms with Crippen molar-refractivity contribution in [3.05, 3.63) is 28.6 Å². The topological polar surface area (TPSA) is 63.6 Å². The lowest BCUT2D eigenvalue weighted by atomic mass is 10.1. The van der Waals surface area contributed by atoms with Gasteiger partial charge >= 0.3 is 0 Å². The smallest absolute Gasteiger partial charge is 0.231 e. The Morgan fingerprint density at radius 3 is 3.05 bits per heavy atom. The molecule has 2 aromatic rings. The van der Waals surface area contributed by atoms with Crippen LogP contribution in [0, 0.1) is 0 Å². The van der Waals surface area contributed by atoms with Crippen LogP contribution in [0.1, 0.15) is 11.4 Å². The van der Waals surface area contributed by atoms with Crippen molar-refractivity contribution in [2.75, 3.05) is 26.5 Å². The monoisotopic (exact) mass is 306 g/mol. The van der Waals surface area contributed by atoms with Gasteiger partial charge in [0.05, 0.1) is 10.7 Å². The molecule has 0 atom stereocenters. The van der Waals surface area contributed by atoms with E-state index in [1.807, 2.05) is 18.2 Å². The maximum absolute atomic E-state index is 8.71. The van der Waals surface area contributed by atoms with Crippen LogP contribution in [0.15, 0.2) is 23.6 Å². The maximum atomic E-state index is 8.71. The van der Waals surface area contributed by atoms with Crippen LogP contribution < -0.4 is 14.8 Å². The molecule has 1 aliphatic heterocycles. The Balaban J connectivity index is 1.59. The minimum Gasteiger partial charge on any atom is -0.454 e. The van der Waals surface area contributed by atoms with E-state index >= 15 is 0 Å². The van der Waals surface area contributed by atoms with E-state index in [0.29, 0.717) is 6.79 Å². The number of nitrogens with one attached hydrogen (secondary N) is 1. The van der Waals surface area contributed by atoms with Gasteiger partial charge in [0.25, 0.3) is 0 Å². The summed E-state index contributed by atoms with van der Waals surface area (Å²) in [6, 6.07) is 5.90. The molecule has 112 valence electrons. The molecule has 0 fully saturated rings. The lowest BCUT2D eigenvalue weighted by Crippen LogP contribution is -2.19. The molecule has 6 heteroatoms. The van der Waals surface area contributed by atoms with Gasteiger partial charge in [0.1, 0.15) is 0 Å². The van der Waals surface area contributed by atoms with Gasteiger partial charge in [-0.1, -0.05) is 0 Å². The van der Waals surface area contributed by atoms with Gasteiger partial charge in [0, 0.05) is 30.5 Å². The quantitative estimate of drug-likeness (QED) is 0.767. The van der Waals surface area contributed by atoms with E-state index in [0.717, 1.165) is 53.7 Å². The number of aliphatic hydroxyl groups is 1. The molecule has 1 aromatic carbocycles. The minimum atomic E-state index is 0.235. The number of fused-ring (bicyclic) bond motifs is 1. The first-order chi connectivity index (χ1) is 10.4. The van der Waals surface area contributed by atoms with Crippen LogP contribution in [0.2, 0.25) is 0 Å². The van der Waals surface area contributed by atoms with Gasteiger partial charge in [0.15, 0.2) is 11.5 Å². The zero-order valence-corrected chi connectivity index (χ0v) is 12.5. The van der Waals surface area contributed by atoms with E-state index in [2.05, 4.69) is 15.7 Å². The molecule has 21 heavy (non-hydrogen) atoms. The summed E-state index contributed by atoms with van der Waals surface area (Å²) in [5.74, 6) is 1.58.